The Morgan fingerprint density at radius 3 is 2.26 bits per heavy atom. The van der Waals surface area contributed by atoms with Crippen molar-refractivity contribution in [1.29, 1.82) is 0 Å². The van der Waals surface area contributed by atoms with E-state index >= 15 is 0 Å². The maximum absolute atomic E-state index is 13.6. The molecule has 3 aromatic carbocycles. The lowest BCUT2D eigenvalue weighted by Crippen LogP contribution is -2.37. The van der Waals surface area contributed by atoms with Gasteiger partial charge in [0.15, 0.2) is 6.10 Å². The van der Waals surface area contributed by atoms with Crippen molar-refractivity contribution in [2.24, 2.45) is 5.92 Å². The number of hydroxylamine groups is 1. The van der Waals surface area contributed by atoms with Crippen LogP contribution in [-0.2, 0) is 14.4 Å². The summed E-state index contributed by atoms with van der Waals surface area (Å²) in [6.07, 6.45) is -0.880. The van der Waals surface area contributed by atoms with Gasteiger partial charge < -0.3 is 0 Å². The smallest absolute Gasteiger partial charge is 0.266 e. The van der Waals surface area contributed by atoms with Gasteiger partial charge in [-0.2, -0.15) is 0 Å². The van der Waals surface area contributed by atoms with E-state index in [0.717, 1.165) is 22.4 Å². The first kappa shape index (κ1) is 19.8. The first-order valence-electron chi connectivity index (χ1n) is 10.2. The van der Waals surface area contributed by atoms with E-state index in [9.17, 15) is 9.59 Å². The minimum atomic E-state index is -0.880. The lowest BCUT2D eigenvalue weighted by atomic mass is 9.90. The number of aryl methyl sites for hydroxylation is 2. The Balaban J connectivity index is 1.59. The van der Waals surface area contributed by atoms with Gasteiger partial charge in [0.05, 0.1) is 17.4 Å². The van der Waals surface area contributed by atoms with E-state index in [1.807, 2.05) is 74.5 Å². The van der Waals surface area contributed by atoms with Crippen molar-refractivity contribution in [3.8, 4) is 0 Å². The van der Waals surface area contributed by atoms with Crippen LogP contribution in [0.2, 0.25) is 5.02 Å². The third kappa shape index (κ3) is 3.21. The lowest BCUT2D eigenvalue weighted by molar-refractivity contribution is -0.126. The van der Waals surface area contributed by atoms with E-state index < -0.39 is 18.1 Å². The number of para-hydroxylation sites is 1. The quantitative estimate of drug-likeness (QED) is 0.546. The summed E-state index contributed by atoms with van der Waals surface area (Å²) in [6, 6.07) is 22.1. The Morgan fingerprint density at radius 2 is 1.58 bits per heavy atom. The third-order valence-corrected chi connectivity index (χ3v) is 6.18. The van der Waals surface area contributed by atoms with Crippen LogP contribution >= 0.6 is 11.6 Å². The highest BCUT2D eigenvalue weighted by Gasteiger charge is 2.60. The van der Waals surface area contributed by atoms with Gasteiger partial charge in [-0.1, -0.05) is 59.6 Å². The molecule has 3 aromatic rings. The Kier molecular flexibility index (Phi) is 4.80. The van der Waals surface area contributed by atoms with Gasteiger partial charge in [-0.05, 0) is 55.3 Å². The first-order valence-corrected chi connectivity index (χ1v) is 10.5. The van der Waals surface area contributed by atoms with Crippen LogP contribution < -0.4 is 9.96 Å². The van der Waals surface area contributed by atoms with Crippen LogP contribution in [0.15, 0.2) is 72.8 Å². The fraction of sp³-hybridized carbons (Fsp3) is 0.200. The second-order valence-electron chi connectivity index (χ2n) is 8.01. The lowest BCUT2D eigenvalue weighted by Gasteiger charge is -2.29. The molecule has 0 aromatic heterocycles. The Morgan fingerprint density at radius 1 is 0.871 bits per heavy atom. The molecule has 0 bridgehead atoms. The first-order chi connectivity index (χ1) is 15.0. The number of hydrogen-bond donors (Lipinski definition) is 0. The second kappa shape index (κ2) is 7.52. The molecule has 5 rings (SSSR count). The van der Waals surface area contributed by atoms with Crippen LogP contribution in [0.25, 0.3) is 0 Å². The Bertz CT molecular complexity index is 1160. The zero-order chi connectivity index (χ0) is 21.7. The van der Waals surface area contributed by atoms with Gasteiger partial charge >= 0.3 is 0 Å². The number of nitrogens with zero attached hydrogens (tertiary/aromatic N) is 2. The van der Waals surface area contributed by atoms with E-state index in [0.29, 0.717) is 10.7 Å². The number of carbonyl (C=O) groups is 2. The van der Waals surface area contributed by atoms with E-state index in [1.54, 1.807) is 17.2 Å². The normalized spacial score (nSPS) is 22.9. The summed E-state index contributed by atoms with van der Waals surface area (Å²) < 4.78 is 0. The predicted octanol–water partition coefficient (Wildman–Crippen LogP) is 5.01. The monoisotopic (exact) mass is 432 g/mol. The van der Waals surface area contributed by atoms with Crippen molar-refractivity contribution < 1.29 is 14.4 Å². The molecule has 2 aliphatic heterocycles. The molecule has 0 aliphatic carbocycles. The van der Waals surface area contributed by atoms with E-state index in [-0.39, 0.29) is 11.8 Å². The van der Waals surface area contributed by atoms with Crippen molar-refractivity contribution in [2.45, 2.75) is 26.0 Å². The molecular weight excluding hydrogens is 412 g/mol. The van der Waals surface area contributed by atoms with Crippen LogP contribution in [0, 0.1) is 19.8 Å². The van der Waals surface area contributed by atoms with Crippen molar-refractivity contribution in [1.82, 2.24) is 0 Å². The van der Waals surface area contributed by atoms with Gasteiger partial charge in [-0.15, -0.1) is 0 Å². The standard InChI is InChI=1S/C25H21ClN2O3/c1-15-8-13-20(16(2)14-15)27-24(29)21-22(17-9-11-18(26)12-10-17)28(31-23(21)25(27)30)19-6-4-3-5-7-19/h3-14,21-23H,1-2H3. The van der Waals surface area contributed by atoms with Gasteiger partial charge in [0.25, 0.3) is 5.91 Å². The molecule has 2 heterocycles. The zero-order valence-corrected chi connectivity index (χ0v) is 17.9. The molecule has 2 aliphatic rings. The van der Waals surface area contributed by atoms with Crippen molar-refractivity contribution in [2.75, 3.05) is 9.96 Å². The number of halogens is 1. The average molecular weight is 433 g/mol. The van der Waals surface area contributed by atoms with Gasteiger partial charge in [-0.25, -0.2) is 9.96 Å². The summed E-state index contributed by atoms with van der Waals surface area (Å²) in [7, 11) is 0. The highest BCUT2D eigenvalue weighted by atomic mass is 35.5. The summed E-state index contributed by atoms with van der Waals surface area (Å²) in [5.74, 6) is -1.24. The fourth-order valence-corrected chi connectivity index (χ4v) is 4.63. The summed E-state index contributed by atoms with van der Waals surface area (Å²) in [4.78, 5) is 34.5. The van der Waals surface area contributed by atoms with E-state index in [4.69, 9.17) is 16.4 Å². The summed E-state index contributed by atoms with van der Waals surface area (Å²) in [5, 5.41) is 2.30. The summed E-state index contributed by atoms with van der Waals surface area (Å²) >= 11 is 6.09. The summed E-state index contributed by atoms with van der Waals surface area (Å²) in [6.45, 7) is 3.89. The number of imide groups is 1. The molecule has 2 fully saturated rings. The predicted molar refractivity (Wildman–Crippen MR) is 120 cm³/mol. The number of rotatable bonds is 3. The zero-order valence-electron chi connectivity index (χ0n) is 17.2. The molecule has 2 saturated heterocycles. The highest BCUT2D eigenvalue weighted by molar-refractivity contribution is 6.30. The van der Waals surface area contributed by atoms with Gasteiger partial charge in [0.1, 0.15) is 5.92 Å². The molecule has 0 spiro atoms. The number of carbonyl (C=O) groups excluding carboxylic acids is 2. The average Bonchev–Trinajstić information content (AvgIpc) is 3.26. The second-order valence-corrected chi connectivity index (χ2v) is 8.45. The SMILES string of the molecule is Cc1ccc(N2C(=O)C3ON(c4ccccc4)C(c4ccc(Cl)cc4)C3C2=O)c(C)c1. The van der Waals surface area contributed by atoms with Crippen molar-refractivity contribution in [3.63, 3.8) is 0 Å². The maximum atomic E-state index is 13.6. The number of fused-ring (bicyclic) bond motifs is 1. The molecule has 156 valence electrons. The van der Waals surface area contributed by atoms with Gasteiger partial charge in [0, 0.05) is 5.02 Å². The van der Waals surface area contributed by atoms with Crippen LogP contribution in [0.1, 0.15) is 22.7 Å². The molecule has 3 unspecified atom stereocenters. The number of amides is 2. The molecule has 3 atom stereocenters. The van der Waals surface area contributed by atoms with Crippen LogP contribution in [0.3, 0.4) is 0 Å². The number of anilines is 2. The highest BCUT2D eigenvalue weighted by Crippen LogP contribution is 2.48. The van der Waals surface area contributed by atoms with E-state index in [1.165, 1.54) is 4.90 Å². The number of benzene rings is 3. The minimum absolute atomic E-state index is 0.250. The topological polar surface area (TPSA) is 49.9 Å². The maximum Gasteiger partial charge on any atom is 0.266 e. The molecular formula is C25H21ClN2O3. The van der Waals surface area contributed by atoms with Crippen LogP contribution in [0.4, 0.5) is 11.4 Å². The molecule has 31 heavy (non-hydrogen) atoms. The van der Waals surface area contributed by atoms with Crippen LogP contribution in [0.5, 0.6) is 0 Å². The van der Waals surface area contributed by atoms with Gasteiger partial charge in [-0.3, -0.25) is 14.4 Å². The van der Waals surface area contributed by atoms with Crippen molar-refractivity contribution in [3.05, 3.63) is 94.5 Å². The number of hydrogen-bond acceptors (Lipinski definition) is 4. The van der Waals surface area contributed by atoms with Gasteiger partial charge in [0.2, 0.25) is 5.91 Å². The minimum Gasteiger partial charge on any atom is -0.273 e. The molecule has 6 heteroatoms. The molecule has 5 nitrogen and oxygen atoms in total. The molecule has 0 N–H and O–H groups in total. The summed E-state index contributed by atoms with van der Waals surface area (Å²) in [5.41, 5.74) is 4.22. The van der Waals surface area contributed by atoms with Crippen LogP contribution in [-0.4, -0.2) is 17.9 Å². The molecule has 0 saturated carbocycles. The Labute approximate surface area is 185 Å². The fourth-order valence-electron chi connectivity index (χ4n) is 4.51. The van der Waals surface area contributed by atoms with E-state index in [2.05, 4.69) is 0 Å². The van der Waals surface area contributed by atoms with Crippen molar-refractivity contribution >= 4 is 34.8 Å². The molecule has 2 amide bonds. The Hall–Kier alpha value is -3.15. The third-order valence-electron chi connectivity index (χ3n) is 5.93. The molecule has 0 radical (unpaired) electrons. The largest absolute Gasteiger partial charge is 0.273 e.